The van der Waals surface area contributed by atoms with Gasteiger partial charge in [0, 0.05) is 0 Å². The zero-order chi connectivity index (χ0) is 15.5. The van der Waals surface area contributed by atoms with Gasteiger partial charge in [-0.25, -0.2) is 0 Å². The Morgan fingerprint density at radius 1 is 1.05 bits per heavy atom. The maximum atomic E-state index is 11.7. The third kappa shape index (κ3) is 3.14. The van der Waals surface area contributed by atoms with E-state index in [1.54, 1.807) is 0 Å². The van der Waals surface area contributed by atoms with Crippen molar-refractivity contribution in [3.05, 3.63) is 0 Å². The number of hydrogen-bond acceptors (Lipinski definition) is 2. The Morgan fingerprint density at radius 3 is 2.14 bits per heavy atom. The van der Waals surface area contributed by atoms with Gasteiger partial charge in [0.15, 0.2) is 0 Å². The topological polar surface area (TPSA) is 44.0 Å². The van der Waals surface area contributed by atoms with Crippen molar-refractivity contribution in [2.75, 3.05) is 0 Å². The van der Waals surface area contributed by atoms with Gasteiger partial charge in [0.2, 0.25) is 0 Å². The highest BCUT2D eigenvalue weighted by Gasteiger charge is 2.56. The molecule has 2 saturated carbocycles. The number of aliphatic hydroxyl groups is 1. The first kappa shape index (κ1) is 16.8. The van der Waals surface area contributed by atoms with E-state index in [1.807, 2.05) is 0 Å². The fraction of sp³-hybridized carbons (Fsp3) is 0.947. The summed E-state index contributed by atoms with van der Waals surface area (Å²) in [4.78, 5) is 0. The van der Waals surface area contributed by atoms with Gasteiger partial charge in [0.25, 0.3) is 0 Å². The second-order valence-corrected chi connectivity index (χ2v) is 8.12. The first-order valence-corrected chi connectivity index (χ1v) is 9.09. The minimum Gasteiger partial charge on any atom is -0.388 e. The second kappa shape index (κ2) is 6.69. The average Bonchev–Trinajstić information content (AvgIpc) is 2.38. The maximum absolute atomic E-state index is 11.7. The SMILES string of the molecule is CC1CCC(C(C)C)C(O)(C2(C#N)CCCCCCC2)C1. The molecular weight excluding hydrogens is 258 g/mol. The fourth-order valence-electron chi connectivity index (χ4n) is 5.07. The normalized spacial score (nSPS) is 37.5. The molecule has 2 rings (SSSR count). The van der Waals surface area contributed by atoms with Gasteiger partial charge >= 0.3 is 0 Å². The third-order valence-electron chi connectivity index (χ3n) is 6.30. The summed E-state index contributed by atoms with van der Waals surface area (Å²) < 4.78 is 0. The lowest BCUT2D eigenvalue weighted by Crippen LogP contribution is -2.57. The Morgan fingerprint density at radius 2 is 1.62 bits per heavy atom. The largest absolute Gasteiger partial charge is 0.388 e. The van der Waals surface area contributed by atoms with Crippen LogP contribution in [0.25, 0.3) is 0 Å². The monoisotopic (exact) mass is 291 g/mol. The zero-order valence-electron chi connectivity index (χ0n) is 14.2. The van der Waals surface area contributed by atoms with Crippen LogP contribution in [-0.2, 0) is 0 Å². The van der Waals surface area contributed by atoms with Crippen LogP contribution in [0.4, 0.5) is 0 Å². The van der Waals surface area contributed by atoms with Crippen LogP contribution in [0.5, 0.6) is 0 Å². The summed E-state index contributed by atoms with van der Waals surface area (Å²) in [5.74, 6) is 1.28. The molecule has 21 heavy (non-hydrogen) atoms. The molecule has 0 aromatic carbocycles. The van der Waals surface area contributed by atoms with Gasteiger partial charge in [0.05, 0.1) is 17.1 Å². The molecule has 0 aromatic rings. The summed E-state index contributed by atoms with van der Waals surface area (Å²) in [6.07, 6.45) is 10.9. The molecule has 2 nitrogen and oxygen atoms in total. The number of nitrogens with zero attached hydrogens (tertiary/aromatic N) is 1. The molecule has 1 N–H and O–H groups in total. The molecule has 3 atom stereocenters. The smallest absolute Gasteiger partial charge is 0.0866 e. The quantitative estimate of drug-likeness (QED) is 0.772. The molecule has 0 spiro atoms. The highest BCUT2D eigenvalue weighted by atomic mass is 16.3. The molecule has 3 unspecified atom stereocenters. The molecule has 120 valence electrons. The fourth-order valence-corrected chi connectivity index (χ4v) is 5.07. The van der Waals surface area contributed by atoms with E-state index < -0.39 is 11.0 Å². The molecule has 0 bridgehead atoms. The highest BCUT2D eigenvalue weighted by molar-refractivity contribution is 5.15. The van der Waals surface area contributed by atoms with Crippen molar-refractivity contribution >= 4 is 0 Å². The Kier molecular flexibility index (Phi) is 5.36. The Labute approximate surface area is 130 Å². The average molecular weight is 291 g/mol. The lowest BCUT2D eigenvalue weighted by atomic mass is 9.53. The van der Waals surface area contributed by atoms with Crippen molar-refractivity contribution in [1.82, 2.24) is 0 Å². The first-order chi connectivity index (χ1) is 9.95. The van der Waals surface area contributed by atoms with Crippen LogP contribution in [0.1, 0.15) is 85.0 Å². The molecule has 2 fully saturated rings. The Bertz CT molecular complexity index is 376. The summed E-state index contributed by atoms with van der Waals surface area (Å²) >= 11 is 0. The van der Waals surface area contributed by atoms with Crippen molar-refractivity contribution in [2.24, 2.45) is 23.2 Å². The van der Waals surface area contributed by atoms with E-state index in [0.29, 0.717) is 11.8 Å². The molecule has 2 aliphatic carbocycles. The van der Waals surface area contributed by atoms with Gasteiger partial charge in [0.1, 0.15) is 0 Å². The summed E-state index contributed by atoms with van der Waals surface area (Å²) in [6, 6.07) is 2.65. The van der Waals surface area contributed by atoms with Gasteiger partial charge in [-0.05, 0) is 43.4 Å². The molecule has 0 saturated heterocycles. The van der Waals surface area contributed by atoms with Crippen molar-refractivity contribution in [3.63, 3.8) is 0 Å². The Balaban J connectivity index is 2.36. The molecule has 0 heterocycles. The number of rotatable bonds is 2. The van der Waals surface area contributed by atoms with Crippen LogP contribution in [0, 0.1) is 34.5 Å². The van der Waals surface area contributed by atoms with Crippen LogP contribution < -0.4 is 0 Å². The third-order valence-corrected chi connectivity index (χ3v) is 6.30. The lowest BCUT2D eigenvalue weighted by Gasteiger charge is -2.53. The molecule has 0 aliphatic heterocycles. The van der Waals surface area contributed by atoms with Crippen LogP contribution >= 0.6 is 0 Å². The van der Waals surface area contributed by atoms with Gasteiger partial charge in [-0.3, -0.25) is 0 Å². The number of hydrogen-bond donors (Lipinski definition) is 1. The predicted octanol–water partition coefficient (Wildman–Crippen LogP) is 5.06. The molecule has 2 heteroatoms. The van der Waals surface area contributed by atoms with Gasteiger partial charge in [-0.15, -0.1) is 0 Å². The van der Waals surface area contributed by atoms with Crippen LogP contribution in [0.3, 0.4) is 0 Å². The van der Waals surface area contributed by atoms with E-state index in [2.05, 4.69) is 26.8 Å². The van der Waals surface area contributed by atoms with E-state index in [-0.39, 0.29) is 5.92 Å². The van der Waals surface area contributed by atoms with Gasteiger partial charge in [-0.2, -0.15) is 5.26 Å². The standard InChI is InChI=1S/C19H33NO/c1-15(2)17-10-9-16(3)13-19(17,21)18(14-20)11-7-5-4-6-8-12-18/h15-17,21H,4-13H2,1-3H3. The molecule has 0 amide bonds. The summed E-state index contributed by atoms with van der Waals surface area (Å²) in [5.41, 5.74) is -1.28. The molecular formula is C19H33NO. The van der Waals surface area contributed by atoms with E-state index in [0.717, 1.165) is 38.5 Å². The van der Waals surface area contributed by atoms with E-state index in [1.165, 1.54) is 25.7 Å². The summed E-state index contributed by atoms with van der Waals surface area (Å²) in [6.45, 7) is 6.69. The van der Waals surface area contributed by atoms with E-state index in [9.17, 15) is 10.4 Å². The van der Waals surface area contributed by atoms with Crippen LogP contribution in [0.15, 0.2) is 0 Å². The highest BCUT2D eigenvalue weighted by Crippen LogP contribution is 2.54. The van der Waals surface area contributed by atoms with Crippen molar-refractivity contribution in [2.45, 2.75) is 90.6 Å². The first-order valence-electron chi connectivity index (χ1n) is 9.09. The maximum Gasteiger partial charge on any atom is 0.0866 e. The molecule has 2 aliphatic rings. The van der Waals surface area contributed by atoms with Crippen LogP contribution in [0.2, 0.25) is 0 Å². The van der Waals surface area contributed by atoms with Gasteiger partial charge in [-0.1, -0.05) is 59.3 Å². The van der Waals surface area contributed by atoms with Crippen molar-refractivity contribution < 1.29 is 5.11 Å². The minimum absolute atomic E-state index is 0.285. The van der Waals surface area contributed by atoms with Crippen LogP contribution in [-0.4, -0.2) is 10.7 Å². The van der Waals surface area contributed by atoms with Crippen molar-refractivity contribution in [1.29, 1.82) is 5.26 Å². The molecule has 0 aromatic heterocycles. The zero-order valence-corrected chi connectivity index (χ0v) is 14.2. The molecule has 0 radical (unpaired) electrons. The lowest BCUT2D eigenvalue weighted by molar-refractivity contribution is -0.155. The Hall–Kier alpha value is -0.550. The van der Waals surface area contributed by atoms with E-state index in [4.69, 9.17) is 0 Å². The van der Waals surface area contributed by atoms with Gasteiger partial charge < -0.3 is 5.11 Å². The summed E-state index contributed by atoms with van der Waals surface area (Å²) in [5, 5.41) is 21.8. The summed E-state index contributed by atoms with van der Waals surface area (Å²) in [7, 11) is 0. The minimum atomic E-state index is -0.773. The van der Waals surface area contributed by atoms with Crippen molar-refractivity contribution in [3.8, 4) is 6.07 Å². The second-order valence-electron chi connectivity index (χ2n) is 8.12. The number of nitriles is 1. The van der Waals surface area contributed by atoms with E-state index >= 15 is 0 Å². The predicted molar refractivity (Wildman–Crippen MR) is 86.7 cm³/mol.